The van der Waals surface area contributed by atoms with Crippen LogP contribution in [0.2, 0.25) is 0 Å². The lowest BCUT2D eigenvalue weighted by molar-refractivity contribution is 0.203. The molecule has 0 bridgehead atoms. The van der Waals surface area contributed by atoms with Gasteiger partial charge in [0.15, 0.2) is 0 Å². The molecule has 1 aromatic heterocycles. The lowest BCUT2D eigenvalue weighted by Crippen LogP contribution is -2.36. The smallest absolute Gasteiger partial charge is 0.134 e. The third kappa shape index (κ3) is 3.54. The summed E-state index contributed by atoms with van der Waals surface area (Å²) in [6.07, 6.45) is 3.99. The minimum absolute atomic E-state index is 0.302. The minimum Gasteiger partial charge on any atom is -0.396 e. The minimum atomic E-state index is 0.302. The van der Waals surface area contributed by atoms with Gasteiger partial charge in [0.25, 0.3) is 0 Å². The predicted molar refractivity (Wildman–Crippen MR) is 105 cm³/mol. The zero-order valence-corrected chi connectivity index (χ0v) is 15.6. The van der Waals surface area contributed by atoms with Gasteiger partial charge in [0, 0.05) is 45.3 Å². The standard InChI is InChI=1S/C21H28N4O/c1-2-19-22-20(24-10-7-16(15-26)8-11-24)13-21(23-19)25-12-9-17-5-3-4-6-18(17)14-25/h3-6,13,16,26H,2,7-12,14-15H2,1H3. The number of rotatable bonds is 4. The Morgan fingerprint density at radius 1 is 1.00 bits per heavy atom. The van der Waals surface area contributed by atoms with E-state index in [1.165, 1.54) is 11.1 Å². The first-order valence-corrected chi connectivity index (χ1v) is 9.82. The van der Waals surface area contributed by atoms with Crippen LogP contribution < -0.4 is 9.80 Å². The van der Waals surface area contributed by atoms with Gasteiger partial charge in [-0.25, -0.2) is 9.97 Å². The topological polar surface area (TPSA) is 52.5 Å². The van der Waals surface area contributed by atoms with E-state index >= 15 is 0 Å². The van der Waals surface area contributed by atoms with Crippen LogP contribution in [-0.4, -0.2) is 41.3 Å². The van der Waals surface area contributed by atoms with E-state index in [2.05, 4.69) is 47.1 Å². The number of hydrogen-bond acceptors (Lipinski definition) is 5. The van der Waals surface area contributed by atoms with Crippen LogP contribution in [-0.2, 0) is 19.4 Å². The third-order valence-electron chi connectivity index (χ3n) is 5.71. The van der Waals surface area contributed by atoms with Gasteiger partial charge in [-0.15, -0.1) is 0 Å². The highest BCUT2D eigenvalue weighted by atomic mass is 16.3. The molecule has 0 atom stereocenters. The number of fused-ring (bicyclic) bond motifs is 1. The fourth-order valence-electron chi connectivity index (χ4n) is 3.99. The van der Waals surface area contributed by atoms with Gasteiger partial charge in [-0.1, -0.05) is 31.2 Å². The van der Waals surface area contributed by atoms with Crippen molar-refractivity contribution in [2.45, 2.75) is 39.2 Å². The van der Waals surface area contributed by atoms with Gasteiger partial charge in [-0.05, 0) is 36.3 Å². The van der Waals surface area contributed by atoms with Crippen molar-refractivity contribution in [3.8, 4) is 0 Å². The molecule has 2 aromatic rings. The van der Waals surface area contributed by atoms with Crippen molar-refractivity contribution in [3.05, 3.63) is 47.3 Å². The van der Waals surface area contributed by atoms with Crippen LogP contribution in [0.3, 0.4) is 0 Å². The Kier molecular flexibility index (Phi) is 5.07. The number of piperidine rings is 1. The molecular formula is C21H28N4O. The van der Waals surface area contributed by atoms with Gasteiger partial charge in [0.2, 0.25) is 0 Å². The molecular weight excluding hydrogens is 324 g/mol. The Morgan fingerprint density at radius 2 is 1.69 bits per heavy atom. The maximum atomic E-state index is 9.37. The van der Waals surface area contributed by atoms with Crippen LogP contribution in [0, 0.1) is 5.92 Å². The van der Waals surface area contributed by atoms with Crippen molar-refractivity contribution in [2.24, 2.45) is 5.92 Å². The molecule has 2 aliphatic heterocycles. The number of hydrogen-bond donors (Lipinski definition) is 1. The van der Waals surface area contributed by atoms with E-state index in [-0.39, 0.29) is 0 Å². The second kappa shape index (κ2) is 7.62. The molecule has 26 heavy (non-hydrogen) atoms. The number of aryl methyl sites for hydroxylation is 1. The van der Waals surface area contributed by atoms with Crippen LogP contribution in [0.15, 0.2) is 30.3 Å². The molecule has 0 aliphatic carbocycles. The van der Waals surface area contributed by atoms with Gasteiger partial charge in [0.1, 0.15) is 17.5 Å². The van der Waals surface area contributed by atoms with E-state index in [4.69, 9.17) is 9.97 Å². The average molecular weight is 352 g/mol. The van der Waals surface area contributed by atoms with Crippen molar-refractivity contribution in [1.29, 1.82) is 0 Å². The lowest BCUT2D eigenvalue weighted by Gasteiger charge is -2.34. The van der Waals surface area contributed by atoms with Crippen molar-refractivity contribution >= 4 is 11.6 Å². The summed E-state index contributed by atoms with van der Waals surface area (Å²) in [5.74, 6) is 3.45. The Balaban J connectivity index is 1.57. The Bertz CT molecular complexity index is 755. The zero-order chi connectivity index (χ0) is 17.9. The highest BCUT2D eigenvalue weighted by Crippen LogP contribution is 2.28. The largest absolute Gasteiger partial charge is 0.396 e. The number of benzene rings is 1. The fraction of sp³-hybridized carbons (Fsp3) is 0.524. The Morgan fingerprint density at radius 3 is 2.38 bits per heavy atom. The first-order chi connectivity index (χ1) is 12.8. The summed E-state index contributed by atoms with van der Waals surface area (Å²) < 4.78 is 0. The van der Waals surface area contributed by atoms with Crippen LogP contribution in [0.1, 0.15) is 36.7 Å². The summed E-state index contributed by atoms with van der Waals surface area (Å²) in [6.45, 7) is 6.27. The molecule has 0 spiro atoms. The maximum Gasteiger partial charge on any atom is 0.134 e. The highest BCUT2D eigenvalue weighted by molar-refractivity contribution is 5.53. The van der Waals surface area contributed by atoms with Gasteiger partial charge in [-0.3, -0.25) is 0 Å². The summed E-state index contributed by atoms with van der Waals surface area (Å²) in [7, 11) is 0. The molecule has 2 aliphatic rings. The first-order valence-electron chi connectivity index (χ1n) is 9.82. The van der Waals surface area contributed by atoms with Crippen LogP contribution in [0.4, 0.5) is 11.6 Å². The van der Waals surface area contributed by atoms with Crippen LogP contribution in [0.25, 0.3) is 0 Å². The fourth-order valence-corrected chi connectivity index (χ4v) is 3.99. The van der Waals surface area contributed by atoms with E-state index in [1.807, 2.05) is 0 Å². The van der Waals surface area contributed by atoms with Crippen molar-refractivity contribution in [3.63, 3.8) is 0 Å². The number of nitrogens with zero attached hydrogens (tertiary/aromatic N) is 4. The van der Waals surface area contributed by atoms with Crippen LogP contribution >= 0.6 is 0 Å². The van der Waals surface area contributed by atoms with Gasteiger partial charge in [0.05, 0.1) is 0 Å². The molecule has 0 amide bonds. The summed E-state index contributed by atoms with van der Waals surface area (Å²) in [5.41, 5.74) is 2.86. The summed E-state index contributed by atoms with van der Waals surface area (Å²) in [4.78, 5) is 14.4. The maximum absolute atomic E-state index is 9.37. The summed E-state index contributed by atoms with van der Waals surface area (Å²) in [5, 5.41) is 9.37. The van der Waals surface area contributed by atoms with Crippen molar-refractivity contribution in [1.82, 2.24) is 9.97 Å². The second-order valence-corrected chi connectivity index (χ2v) is 7.41. The van der Waals surface area contributed by atoms with Crippen LogP contribution in [0.5, 0.6) is 0 Å². The van der Waals surface area contributed by atoms with E-state index in [0.717, 1.165) is 69.3 Å². The molecule has 1 saturated heterocycles. The van der Waals surface area contributed by atoms with E-state index in [0.29, 0.717) is 12.5 Å². The molecule has 4 rings (SSSR count). The van der Waals surface area contributed by atoms with Crippen molar-refractivity contribution in [2.75, 3.05) is 36.0 Å². The summed E-state index contributed by atoms with van der Waals surface area (Å²) >= 11 is 0. The molecule has 0 unspecified atom stereocenters. The number of aliphatic hydroxyl groups is 1. The molecule has 1 fully saturated rings. The first kappa shape index (κ1) is 17.3. The second-order valence-electron chi connectivity index (χ2n) is 7.41. The highest BCUT2D eigenvalue weighted by Gasteiger charge is 2.23. The Hall–Kier alpha value is -2.14. The molecule has 1 aromatic carbocycles. The normalized spacial score (nSPS) is 18.1. The average Bonchev–Trinajstić information content (AvgIpc) is 2.73. The molecule has 0 radical (unpaired) electrons. The number of aliphatic hydroxyl groups excluding tert-OH is 1. The monoisotopic (exact) mass is 352 g/mol. The third-order valence-corrected chi connectivity index (χ3v) is 5.71. The number of anilines is 2. The summed E-state index contributed by atoms with van der Waals surface area (Å²) in [6, 6.07) is 10.9. The van der Waals surface area contributed by atoms with Gasteiger partial charge in [-0.2, -0.15) is 0 Å². The van der Waals surface area contributed by atoms with E-state index in [1.54, 1.807) is 0 Å². The molecule has 138 valence electrons. The molecule has 5 nitrogen and oxygen atoms in total. The molecule has 1 N–H and O–H groups in total. The van der Waals surface area contributed by atoms with E-state index < -0.39 is 0 Å². The molecule has 5 heteroatoms. The lowest BCUT2D eigenvalue weighted by atomic mass is 9.98. The number of aromatic nitrogens is 2. The SMILES string of the molecule is CCc1nc(N2CCC(CO)CC2)cc(N2CCc3ccccc3C2)n1. The van der Waals surface area contributed by atoms with E-state index in [9.17, 15) is 5.11 Å². The molecule has 0 saturated carbocycles. The zero-order valence-electron chi connectivity index (χ0n) is 15.6. The molecule has 3 heterocycles. The van der Waals surface area contributed by atoms with Gasteiger partial charge < -0.3 is 14.9 Å². The quantitative estimate of drug-likeness (QED) is 0.917. The van der Waals surface area contributed by atoms with Gasteiger partial charge >= 0.3 is 0 Å². The van der Waals surface area contributed by atoms with Crippen molar-refractivity contribution < 1.29 is 5.11 Å². The predicted octanol–water partition coefficient (Wildman–Crippen LogP) is 2.81. The Labute approximate surface area is 155 Å².